The van der Waals surface area contributed by atoms with Gasteiger partial charge in [-0.25, -0.2) is 0 Å². The lowest BCUT2D eigenvalue weighted by Gasteiger charge is -2.08. The predicted molar refractivity (Wildman–Crippen MR) is 76.4 cm³/mol. The van der Waals surface area contributed by atoms with E-state index in [1.807, 2.05) is 19.2 Å². The van der Waals surface area contributed by atoms with Crippen molar-refractivity contribution in [2.45, 2.75) is 33.4 Å². The lowest BCUT2D eigenvalue weighted by Crippen LogP contribution is -2.21. The van der Waals surface area contributed by atoms with Gasteiger partial charge in [-0.3, -0.25) is 4.98 Å². The highest BCUT2D eigenvalue weighted by Gasteiger charge is 1.99. The molecule has 0 aliphatic heterocycles. The molecule has 0 bridgehead atoms. The highest BCUT2D eigenvalue weighted by Crippen LogP contribution is 2.19. The van der Waals surface area contributed by atoms with Crippen LogP contribution in [0.15, 0.2) is 42.6 Å². The van der Waals surface area contributed by atoms with Crippen molar-refractivity contribution >= 4 is 0 Å². The van der Waals surface area contributed by atoms with Crippen LogP contribution in [-0.2, 0) is 6.54 Å². The minimum absolute atomic E-state index is 0.519. The molecule has 1 aromatic heterocycles. The first-order valence-electron chi connectivity index (χ1n) is 6.40. The van der Waals surface area contributed by atoms with Gasteiger partial charge in [-0.15, -0.1) is 0 Å². The quantitative estimate of drug-likeness (QED) is 0.884. The summed E-state index contributed by atoms with van der Waals surface area (Å²) < 4.78 is 0. The summed E-state index contributed by atoms with van der Waals surface area (Å²) in [6.45, 7) is 7.24. The monoisotopic (exact) mass is 240 g/mol. The summed E-state index contributed by atoms with van der Waals surface area (Å²) in [6.07, 6.45) is 1.93. The van der Waals surface area contributed by atoms with E-state index in [2.05, 4.69) is 54.5 Å². The fourth-order valence-electron chi connectivity index (χ4n) is 1.78. The zero-order valence-corrected chi connectivity index (χ0v) is 11.3. The maximum atomic E-state index is 4.33. The van der Waals surface area contributed by atoms with Crippen molar-refractivity contribution in [3.63, 3.8) is 0 Å². The van der Waals surface area contributed by atoms with E-state index < -0.39 is 0 Å². The number of nitrogens with zero attached hydrogens (tertiary/aromatic N) is 1. The molecule has 0 atom stereocenters. The number of pyridine rings is 1. The standard InChI is InChI=1S/C16H20N2/c1-12(2)17-10-14-5-8-15(9-6-14)16-7-4-13(3)18-11-16/h4-9,11-12,17H,10H2,1-3H3. The second kappa shape index (κ2) is 5.78. The summed E-state index contributed by atoms with van der Waals surface area (Å²) in [5.74, 6) is 0. The Bertz CT molecular complexity index is 484. The minimum atomic E-state index is 0.519. The maximum absolute atomic E-state index is 4.33. The highest BCUT2D eigenvalue weighted by atomic mass is 14.9. The van der Waals surface area contributed by atoms with Crippen LogP contribution in [0.1, 0.15) is 25.1 Å². The molecule has 2 rings (SSSR count). The van der Waals surface area contributed by atoms with Gasteiger partial charge in [-0.1, -0.05) is 44.2 Å². The van der Waals surface area contributed by atoms with Gasteiger partial charge in [0.2, 0.25) is 0 Å². The first kappa shape index (κ1) is 12.8. The van der Waals surface area contributed by atoms with E-state index in [1.54, 1.807) is 0 Å². The number of hydrogen-bond donors (Lipinski definition) is 1. The van der Waals surface area contributed by atoms with Crippen molar-refractivity contribution in [2.24, 2.45) is 0 Å². The van der Waals surface area contributed by atoms with E-state index in [0.717, 1.165) is 12.2 Å². The van der Waals surface area contributed by atoms with Crippen LogP contribution < -0.4 is 5.32 Å². The van der Waals surface area contributed by atoms with Gasteiger partial charge < -0.3 is 5.32 Å². The average Bonchev–Trinajstić information content (AvgIpc) is 2.38. The summed E-state index contributed by atoms with van der Waals surface area (Å²) in [7, 11) is 0. The molecule has 0 aliphatic carbocycles. The average molecular weight is 240 g/mol. The van der Waals surface area contributed by atoms with E-state index in [4.69, 9.17) is 0 Å². The molecular formula is C16H20N2. The predicted octanol–water partition coefficient (Wildman–Crippen LogP) is 3.56. The maximum Gasteiger partial charge on any atom is 0.0373 e. The molecule has 1 N–H and O–H groups in total. The molecule has 2 heteroatoms. The van der Waals surface area contributed by atoms with Crippen molar-refractivity contribution in [1.29, 1.82) is 0 Å². The second-order valence-corrected chi connectivity index (χ2v) is 4.92. The lowest BCUT2D eigenvalue weighted by molar-refractivity contribution is 0.589. The molecule has 18 heavy (non-hydrogen) atoms. The molecule has 0 aliphatic rings. The van der Waals surface area contributed by atoms with Crippen molar-refractivity contribution in [2.75, 3.05) is 0 Å². The van der Waals surface area contributed by atoms with E-state index >= 15 is 0 Å². The Hall–Kier alpha value is -1.67. The minimum Gasteiger partial charge on any atom is -0.310 e. The van der Waals surface area contributed by atoms with E-state index in [9.17, 15) is 0 Å². The van der Waals surface area contributed by atoms with Gasteiger partial charge in [0.05, 0.1) is 0 Å². The molecule has 0 saturated heterocycles. The number of nitrogens with one attached hydrogen (secondary N) is 1. The number of aromatic nitrogens is 1. The van der Waals surface area contributed by atoms with E-state index in [1.165, 1.54) is 16.7 Å². The smallest absolute Gasteiger partial charge is 0.0373 e. The van der Waals surface area contributed by atoms with Crippen LogP contribution in [0.2, 0.25) is 0 Å². The van der Waals surface area contributed by atoms with Gasteiger partial charge in [-0.05, 0) is 24.1 Å². The Morgan fingerprint density at radius 3 is 2.22 bits per heavy atom. The third-order valence-corrected chi connectivity index (χ3v) is 2.91. The first-order chi connectivity index (χ1) is 8.65. The third kappa shape index (κ3) is 3.41. The van der Waals surface area contributed by atoms with Gasteiger partial charge in [0.25, 0.3) is 0 Å². The summed E-state index contributed by atoms with van der Waals surface area (Å²) in [5, 5.41) is 3.42. The number of benzene rings is 1. The molecular weight excluding hydrogens is 220 g/mol. The normalized spacial score (nSPS) is 10.9. The molecule has 2 nitrogen and oxygen atoms in total. The molecule has 2 aromatic rings. The second-order valence-electron chi connectivity index (χ2n) is 4.92. The van der Waals surface area contributed by atoms with Gasteiger partial charge >= 0.3 is 0 Å². The summed E-state index contributed by atoms with van der Waals surface area (Å²) in [5.41, 5.74) is 4.75. The summed E-state index contributed by atoms with van der Waals surface area (Å²) in [6, 6.07) is 13.3. The van der Waals surface area contributed by atoms with Crippen LogP contribution in [0.3, 0.4) is 0 Å². The van der Waals surface area contributed by atoms with Crippen molar-refractivity contribution < 1.29 is 0 Å². The fraction of sp³-hybridized carbons (Fsp3) is 0.312. The molecule has 0 spiro atoms. The molecule has 1 aromatic carbocycles. The van der Waals surface area contributed by atoms with Crippen LogP contribution in [0.25, 0.3) is 11.1 Å². The van der Waals surface area contributed by atoms with Crippen molar-refractivity contribution in [1.82, 2.24) is 10.3 Å². The largest absolute Gasteiger partial charge is 0.310 e. The Balaban J connectivity index is 2.09. The van der Waals surface area contributed by atoms with Crippen molar-refractivity contribution in [3.05, 3.63) is 53.9 Å². The number of rotatable bonds is 4. The Morgan fingerprint density at radius 2 is 1.67 bits per heavy atom. The van der Waals surface area contributed by atoms with Crippen molar-refractivity contribution in [3.8, 4) is 11.1 Å². The van der Waals surface area contributed by atoms with Gasteiger partial charge in [-0.2, -0.15) is 0 Å². The number of aryl methyl sites for hydroxylation is 1. The molecule has 0 saturated carbocycles. The van der Waals surface area contributed by atoms with Gasteiger partial charge in [0, 0.05) is 30.0 Å². The van der Waals surface area contributed by atoms with Gasteiger partial charge in [0.1, 0.15) is 0 Å². The van der Waals surface area contributed by atoms with E-state index in [-0.39, 0.29) is 0 Å². The number of hydrogen-bond acceptors (Lipinski definition) is 2. The van der Waals surface area contributed by atoms with Crippen LogP contribution >= 0.6 is 0 Å². The zero-order chi connectivity index (χ0) is 13.0. The molecule has 0 unspecified atom stereocenters. The summed E-state index contributed by atoms with van der Waals surface area (Å²) in [4.78, 5) is 4.33. The van der Waals surface area contributed by atoms with Crippen LogP contribution in [0, 0.1) is 6.92 Å². The van der Waals surface area contributed by atoms with E-state index in [0.29, 0.717) is 6.04 Å². The molecule has 1 heterocycles. The zero-order valence-electron chi connectivity index (χ0n) is 11.3. The molecule has 94 valence electrons. The highest BCUT2D eigenvalue weighted by molar-refractivity contribution is 5.62. The fourth-order valence-corrected chi connectivity index (χ4v) is 1.78. The summed E-state index contributed by atoms with van der Waals surface area (Å²) >= 11 is 0. The Kier molecular flexibility index (Phi) is 4.11. The molecule has 0 fully saturated rings. The van der Waals surface area contributed by atoms with Crippen LogP contribution in [0.5, 0.6) is 0 Å². The third-order valence-electron chi connectivity index (χ3n) is 2.91. The molecule has 0 radical (unpaired) electrons. The van der Waals surface area contributed by atoms with Gasteiger partial charge in [0.15, 0.2) is 0 Å². The lowest BCUT2D eigenvalue weighted by atomic mass is 10.1. The van der Waals surface area contributed by atoms with Crippen LogP contribution in [0.4, 0.5) is 0 Å². The molecule has 0 amide bonds. The van der Waals surface area contributed by atoms with Crippen LogP contribution in [-0.4, -0.2) is 11.0 Å². The SMILES string of the molecule is Cc1ccc(-c2ccc(CNC(C)C)cc2)cn1. The Labute approximate surface area is 109 Å². The Morgan fingerprint density at radius 1 is 1.00 bits per heavy atom. The first-order valence-corrected chi connectivity index (χ1v) is 6.40. The topological polar surface area (TPSA) is 24.9 Å².